The van der Waals surface area contributed by atoms with Crippen LogP contribution in [0.1, 0.15) is 67.7 Å². The van der Waals surface area contributed by atoms with Crippen LogP contribution in [0.3, 0.4) is 0 Å². The summed E-state index contributed by atoms with van der Waals surface area (Å²) in [6.45, 7) is 15.8. The van der Waals surface area contributed by atoms with E-state index in [1.807, 2.05) is 0 Å². The third-order valence-corrected chi connectivity index (χ3v) is 4.04. The average molecular weight is 228 g/mol. The Kier molecular flexibility index (Phi) is 5.46. The molecular formula is C14H28S. The van der Waals surface area contributed by atoms with Gasteiger partial charge in [0, 0.05) is 4.86 Å². The van der Waals surface area contributed by atoms with Gasteiger partial charge in [-0.3, -0.25) is 0 Å². The van der Waals surface area contributed by atoms with E-state index in [4.69, 9.17) is 12.2 Å². The minimum Gasteiger partial charge on any atom is -0.0885 e. The van der Waals surface area contributed by atoms with Crippen molar-refractivity contribution in [1.29, 1.82) is 0 Å². The lowest BCUT2D eigenvalue weighted by atomic mass is 9.73. The van der Waals surface area contributed by atoms with Gasteiger partial charge in [-0.15, -0.1) is 0 Å². The van der Waals surface area contributed by atoms with Gasteiger partial charge >= 0.3 is 0 Å². The molecule has 0 saturated heterocycles. The summed E-state index contributed by atoms with van der Waals surface area (Å²) in [6.07, 6.45) is 3.83. The smallest absolute Gasteiger partial charge is 0.00382 e. The van der Waals surface area contributed by atoms with Crippen LogP contribution in [0.25, 0.3) is 0 Å². The van der Waals surface area contributed by atoms with E-state index in [9.17, 15) is 0 Å². The summed E-state index contributed by atoms with van der Waals surface area (Å²) in [7, 11) is 0. The monoisotopic (exact) mass is 228 g/mol. The predicted octanol–water partition coefficient (Wildman–Crippen LogP) is 5.25. The summed E-state index contributed by atoms with van der Waals surface area (Å²) in [6, 6.07) is 0. The standard InChI is InChI=1S/C14H28S/c1-11(2)9-8-10-14(6,7)12(15)13(3,4)5/h11H,8-10H2,1-7H3. The van der Waals surface area contributed by atoms with Gasteiger partial charge in [0.15, 0.2) is 0 Å². The maximum atomic E-state index is 5.61. The molecule has 0 amide bonds. The molecule has 0 aromatic carbocycles. The Morgan fingerprint density at radius 3 is 1.87 bits per heavy atom. The van der Waals surface area contributed by atoms with Crippen molar-refractivity contribution in [2.45, 2.75) is 67.7 Å². The summed E-state index contributed by atoms with van der Waals surface area (Å²) in [5.74, 6) is 0.809. The van der Waals surface area contributed by atoms with E-state index in [0.717, 1.165) is 5.92 Å². The predicted molar refractivity (Wildman–Crippen MR) is 74.5 cm³/mol. The maximum Gasteiger partial charge on any atom is 0.00382 e. The zero-order valence-electron chi connectivity index (χ0n) is 11.6. The second-order valence-electron chi connectivity index (χ2n) is 6.75. The summed E-state index contributed by atoms with van der Waals surface area (Å²) >= 11 is 5.61. The van der Waals surface area contributed by atoms with E-state index in [2.05, 4.69) is 48.5 Å². The minimum atomic E-state index is 0.163. The van der Waals surface area contributed by atoms with Crippen LogP contribution >= 0.6 is 12.2 Å². The molecule has 0 aliphatic rings. The fraction of sp³-hybridized carbons (Fsp3) is 0.929. The highest BCUT2D eigenvalue weighted by atomic mass is 32.1. The fourth-order valence-electron chi connectivity index (χ4n) is 2.08. The molecule has 0 nitrogen and oxygen atoms in total. The van der Waals surface area contributed by atoms with Crippen LogP contribution < -0.4 is 0 Å². The molecule has 0 N–H and O–H groups in total. The van der Waals surface area contributed by atoms with Gasteiger partial charge in [-0.2, -0.15) is 0 Å². The van der Waals surface area contributed by atoms with Crippen LogP contribution in [0.5, 0.6) is 0 Å². The topological polar surface area (TPSA) is 0 Å². The van der Waals surface area contributed by atoms with Crippen molar-refractivity contribution in [3.8, 4) is 0 Å². The first-order chi connectivity index (χ1) is 6.57. The first-order valence-corrected chi connectivity index (χ1v) is 6.53. The number of hydrogen-bond donors (Lipinski definition) is 0. The molecule has 15 heavy (non-hydrogen) atoms. The summed E-state index contributed by atoms with van der Waals surface area (Å²) in [5, 5.41) is 0. The van der Waals surface area contributed by atoms with Crippen LogP contribution in [-0.4, -0.2) is 4.86 Å². The first-order valence-electron chi connectivity index (χ1n) is 6.12. The molecule has 0 unspecified atom stereocenters. The summed E-state index contributed by atoms with van der Waals surface area (Å²) in [5.41, 5.74) is 0.374. The van der Waals surface area contributed by atoms with Crippen LogP contribution in [0.2, 0.25) is 0 Å². The highest BCUT2D eigenvalue weighted by Crippen LogP contribution is 2.35. The lowest BCUT2D eigenvalue weighted by Gasteiger charge is -2.34. The Hall–Kier alpha value is 0.0900. The zero-order valence-corrected chi connectivity index (χ0v) is 12.4. The van der Waals surface area contributed by atoms with Gasteiger partial charge in [0.05, 0.1) is 0 Å². The second-order valence-corrected chi connectivity index (χ2v) is 7.16. The Bertz CT molecular complexity index is 206. The molecule has 0 aromatic rings. The highest BCUT2D eigenvalue weighted by Gasteiger charge is 2.31. The molecule has 0 aliphatic carbocycles. The van der Waals surface area contributed by atoms with Crippen molar-refractivity contribution in [3.63, 3.8) is 0 Å². The number of rotatable bonds is 5. The van der Waals surface area contributed by atoms with E-state index in [1.54, 1.807) is 0 Å². The van der Waals surface area contributed by atoms with E-state index in [-0.39, 0.29) is 10.8 Å². The maximum absolute atomic E-state index is 5.61. The number of thiocarbonyl (C=S) groups is 1. The van der Waals surface area contributed by atoms with Crippen molar-refractivity contribution >= 4 is 17.1 Å². The molecule has 0 aliphatic heterocycles. The quantitative estimate of drug-likeness (QED) is 0.579. The molecular weight excluding hydrogens is 200 g/mol. The van der Waals surface area contributed by atoms with Crippen molar-refractivity contribution < 1.29 is 0 Å². The SMILES string of the molecule is CC(C)CCCC(C)(C)C(=S)C(C)(C)C. The molecule has 0 spiro atoms. The van der Waals surface area contributed by atoms with E-state index < -0.39 is 0 Å². The molecule has 0 heterocycles. The summed E-state index contributed by atoms with van der Waals surface area (Å²) in [4.78, 5) is 1.22. The Morgan fingerprint density at radius 1 is 1.07 bits per heavy atom. The normalized spacial score (nSPS) is 13.3. The molecule has 0 rings (SSSR count). The molecule has 0 fully saturated rings. The van der Waals surface area contributed by atoms with Gasteiger partial charge in [0.2, 0.25) is 0 Å². The molecule has 0 saturated carbocycles. The number of hydrogen-bond acceptors (Lipinski definition) is 1. The van der Waals surface area contributed by atoms with Crippen LogP contribution in [0, 0.1) is 16.7 Å². The average Bonchev–Trinajstić information content (AvgIpc) is 2.00. The second kappa shape index (κ2) is 5.43. The minimum absolute atomic E-state index is 0.163. The van der Waals surface area contributed by atoms with Crippen LogP contribution in [0.4, 0.5) is 0 Å². The van der Waals surface area contributed by atoms with Gasteiger partial charge in [0.1, 0.15) is 0 Å². The third kappa shape index (κ3) is 5.65. The van der Waals surface area contributed by atoms with E-state index in [0.29, 0.717) is 0 Å². The van der Waals surface area contributed by atoms with Gasteiger partial charge < -0.3 is 0 Å². The van der Waals surface area contributed by atoms with Crippen LogP contribution in [0.15, 0.2) is 0 Å². The van der Waals surface area contributed by atoms with E-state index in [1.165, 1.54) is 24.1 Å². The molecule has 0 radical (unpaired) electrons. The molecule has 0 bridgehead atoms. The molecule has 90 valence electrons. The van der Waals surface area contributed by atoms with Crippen molar-refractivity contribution in [1.82, 2.24) is 0 Å². The van der Waals surface area contributed by atoms with Crippen molar-refractivity contribution in [2.24, 2.45) is 16.7 Å². The van der Waals surface area contributed by atoms with Crippen molar-refractivity contribution in [2.75, 3.05) is 0 Å². The molecule has 1 heteroatoms. The first kappa shape index (κ1) is 15.1. The van der Waals surface area contributed by atoms with Gasteiger partial charge in [-0.1, -0.05) is 73.5 Å². The van der Waals surface area contributed by atoms with Crippen molar-refractivity contribution in [3.05, 3.63) is 0 Å². The highest BCUT2D eigenvalue weighted by molar-refractivity contribution is 7.80. The lowest BCUT2D eigenvalue weighted by Crippen LogP contribution is -2.33. The van der Waals surface area contributed by atoms with Gasteiger partial charge in [0.25, 0.3) is 0 Å². The van der Waals surface area contributed by atoms with E-state index >= 15 is 0 Å². The molecule has 0 aromatic heterocycles. The Morgan fingerprint density at radius 2 is 1.53 bits per heavy atom. The van der Waals surface area contributed by atoms with Gasteiger partial charge in [-0.05, 0) is 23.2 Å². The Balaban J connectivity index is 4.24. The van der Waals surface area contributed by atoms with Gasteiger partial charge in [-0.25, -0.2) is 0 Å². The lowest BCUT2D eigenvalue weighted by molar-refractivity contribution is 0.393. The Labute approximate surface area is 102 Å². The van der Waals surface area contributed by atoms with Crippen LogP contribution in [-0.2, 0) is 0 Å². The zero-order chi connectivity index (χ0) is 12.3. The third-order valence-electron chi connectivity index (χ3n) is 2.88. The summed E-state index contributed by atoms with van der Waals surface area (Å²) < 4.78 is 0. The largest absolute Gasteiger partial charge is 0.0885 e. The fourth-order valence-corrected chi connectivity index (χ4v) is 2.18. The molecule has 0 atom stereocenters.